The Bertz CT molecular complexity index is 461. The molecule has 0 spiro atoms. The Kier molecular flexibility index (Phi) is 4.65. The number of hydrogen-bond acceptors (Lipinski definition) is 3. The average Bonchev–Trinajstić information content (AvgIpc) is 3.14. The summed E-state index contributed by atoms with van der Waals surface area (Å²) in [5.74, 6) is 0. The summed E-state index contributed by atoms with van der Waals surface area (Å²) < 4.78 is 2.24. The van der Waals surface area contributed by atoms with E-state index in [2.05, 4.69) is 41.7 Å². The van der Waals surface area contributed by atoms with Gasteiger partial charge in [0.05, 0.1) is 11.7 Å². The fraction of sp³-hybridized carbons (Fsp3) is 0.824. The summed E-state index contributed by atoms with van der Waals surface area (Å²) in [7, 11) is 4.51. The van der Waals surface area contributed by atoms with Crippen LogP contribution in [0.15, 0.2) is 6.20 Å². The van der Waals surface area contributed by atoms with Crippen LogP contribution >= 0.6 is 0 Å². The van der Waals surface area contributed by atoms with Gasteiger partial charge in [-0.15, -0.1) is 0 Å². The second-order valence-electron chi connectivity index (χ2n) is 7.13. The highest BCUT2D eigenvalue weighted by atomic mass is 15.3. The molecule has 0 unspecified atom stereocenters. The van der Waals surface area contributed by atoms with Crippen LogP contribution < -0.4 is 0 Å². The zero-order valence-electron chi connectivity index (χ0n) is 13.9. The van der Waals surface area contributed by atoms with Gasteiger partial charge in [-0.2, -0.15) is 5.10 Å². The van der Waals surface area contributed by atoms with Crippen molar-refractivity contribution in [3.8, 4) is 0 Å². The SMILES string of the molecule is Cc1nn(C2CCCC2)cc1CN(C)C[C@@H]1CCCN1C. The van der Waals surface area contributed by atoms with Gasteiger partial charge in [0.25, 0.3) is 0 Å². The molecule has 2 fully saturated rings. The Labute approximate surface area is 129 Å². The molecule has 2 heterocycles. The van der Waals surface area contributed by atoms with Crippen molar-refractivity contribution >= 4 is 0 Å². The first kappa shape index (κ1) is 15.0. The summed E-state index contributed by atoms with van der Waals surface area (Å²) in [6.07, 6.45) is 10.4. The molecular formula is C17H30N4. The van der Waals surface area contributed by atoms with Crippen LogP contribution in [0.3, 0.4) is 0 Å². The van der Waals surface area contributed by atoms with Crippen LogP contribution in [0.4, 0.5) is 0 Å². The second-order valence-corrected chi connectivity index (χ2v) is 7.13. The molecule has 1 atom stereocenters. The van der Waals surface area contributed by atoms with Crippen LogP contribution in [0.25, 0.3) is 0 Å². The molecule has 1 aromatic heterocycles. The zero-order chi connectivity index (χ0) is 14.8. The maximum Gasteiger partial charge on any atom is 0.0638 e. The molecule has 0 aromatic carbocycles. The predicted octanol–water partition coefficient (Wildman–Crippen LogP) is 2.83. The molecule has 21 heavy (non-hydrogen) atoms. The molecule has 1 aliphatic heterocycles. The Morgan fingerprint density at radius 1 is 1.24 bits per heavy atom. The van der Waals surface area contributed by atoms with Gasteiger partial charge in [-0.05, 0) is 53.2 Å². The minimum absolute atomic E-state index is 0.656. The van der Waals surface area contributed by atoms with E-state index >= 15 is 0 Å². The number of likely N-dealkylation sites (N-methyl/N-ethyl adjacent to an activating group) is 2. The highest BCUT2D eigenvalue weighted by Crippen LogP contribution is 2.29. The van der Waals surface area contributed by atoms with E-state index in [1.54, 1.807) is 0 Å². The van der Waals surface area contributed by atoms with Gasteiger partial charge >= 0.3 is 0 Å². The normalized spacial score (nSPS) is 24.5. The fourth-order valence-electron chi connectivity index (χ4n) is 3.96. The van der Waals surface area contributed by atoms with E-state index < -0.39 is 0 Å². The third kappa shape index (κ3) is 3.49. The van der Waals surface area contributed by atoms with Crippen molar-refractivity contribution < 1.29 is 0 Å². The third-order valence-electron chi connectivity index (χ3n) is 5.35. The Balaban J connectivity index is 1.58. The van der Waals surface area contributed by atoms with Gasteiger partial charge in [0, 0.05) is 30.9 Å². The summed E-state index contributed by atoms with van der Waals surface area (Å²) in [6.45, 7) is 5.63. The number of nitrogens with zero attached hydrogens (tertiary/aromatic N) is 4. The molecule has 3 rings (SSSR count). The summed E-state index contributed by atoms with van der Waals surface area (Å²) in [5.41, 5.74) is 2.62. The van der Waals surface area contributed by atoms with Crippen LogP contribution in [0.2, 0.25) is 0 Å². The maximum absolute atomic E-state index is 4.77. The van der Waals surface area contributed by atoms with Gasteiger partial charge in [-0.3, -0.25) is 4.68 Å². The third-order valence-corrected chi connectivity index (χ3v) is 5.35. The first-order valence-electron chi connectivity index (χ1n) is 8.57. The first-order valence-corrected chi connectivity index (χ1v) is 8.57. The molecule has 4 nitrogen and oxygen atoms in total. The summed E-state index contributed by atoms with van der Waals surface area (Å²) >= 11 is 0. The quantitative estimate of drug-likeness (QED) is 0.833. The van der Waals surface area contributed by atoms with E-state index in [4.69, 9.17) is 5.10 Å². The zero-order valence-corrected chi connectivity index (χ0v) is 13.9. The highest BCUT2D eigenvalue weighted by molar-refractivity contribution is 5.15. The summed E-state index contributed by atoms with van der Waals surface area (Å²) in [5, 5.41) is 4.77. The fourth-order valence-corrected chi connectivity index (χ4v) is 3.96. The number of aryl methyl sites for hydroxylation is 1. The van der Waals surface area contributed by atoms with E-state index in [1.807, 2.05) is 0 Å². The predicted molar refractivity (Wildman–Crippen MR) is 86.5 cm³/mol. The molecule has 1 saturated carbocycles. The van der Waals surface area contributed by atoms with Gasteiger partial charge in [0.1, 0.15) is 0 Å². The van der Waals surface area contributed by atoms with E-state index in [-0.39, 0.29) is 0 Å². The van der Waals surface area contributed by atoms with E-state index in [1.165, 1.54) is 62.9 Å². The van der Waals surface area contributed by atoms with Gasteiger partial charge < -0.3 is 9.80 Å². The van der Waals surface area contributed by atoms with Crippen LogP contribution in [0.1, 0.15) is 55.8 Å². The largest absolute Gasteiger partial charge is 0.302 e. The maximum atomic E-state index is 4.77. The van der Waals surface area contributed by atoms with Crippen LogP contribution in [0, 0.1) is 6.92 Å². The number of hydrogen-bond donors (Lipinski definition) is 0. The molecule has 0 N–H and O–H groups in total. The molecular weight excluding hydrogens is 260 g/mol. The van der Waals surface area contributed by atoms with Gasteiger partial charge in [0.15, 0.2) is 0 Å². The Hall–Kier alpha value is -0.870. The Morgan fingerprint density at radius 3 is 2.67 bits per heavy atom. The molecule has 1 saturated heterocycles. The molecule has 0 radical (unpaired) electrons. The molecule has 1 aromatic rings. The molecule has 2 aliphatic rings. The number of rotatable bonds is 5. The Morgan fingerprint density at radius 2 is 2.00 bits per heavy atom. The lowest BCUT2D eigenvalue weighted by Crippen LogP contribution is -2.36. The topological polar surface area (TPSA) is 24.3 Å². The molecule has 118 valence electrons. The monoisotopic (exact) mass is 290 g/mol. The highest BCUT2D eigenvalue weighted by Gasteiger charge is 2.23. The summed E-state index contributed by atoms with van der Waals surface area (Å²) in [4.78, 5) is 4.97. The second kappa shape index (κ2) is 6.49. The minimum Gasteiger partial charge on any atom is -0.302 e. The van der Waals surface area contributed by atoms with E-state index in [0.717, 1.165) is 12.6 Å². The van der Waals surface area contributed by atoms with Gasteiger partial charge in [0.2, 0.25) is 0 Å². The molecule has 1 aliphatic carbocycles. The van der Waals surface area contributed by atoms with Crippen LogP contribution in [0.5, 0.6) is 0 Å². The first-order chi connectivity index (χ1) is 10.1. The van der Waals surface area contributed by atoms with Gasteiger partial charge in [-0.1, -0.05) is 12.8 Å². The smallest absolute Gasteiger partial charge is 0.0638 e. The van der Waals surface area contributed by atoms with Crippen molar-refractivity contribution in [1.29, 1.82) is 0 Å². The van der Waals surface area contributed by atoms with Crippen LogP contribution in [-0.2, 0) is 6.54 Å². The lowest BCUT2D eigenvalue weighted by Gasteiger charge is -2.25. The lowest BCUT2D eigenvalue weighted by molar-refractivity contribution is 0.215. The minimum atomic E-state index is 0.656. The van der Waals surface area contributed by atoms with Crippen molar-refractivity contribution in [2.75, 3.05) is 27.2 Å². The molecule has 0 bridgehead atoms. The van der Waals surface area contributed by atoms with Gasteiger partial charge in [-0.25, -0.2) is 0 Å². The van der Waals surface area contributed by atoms with Crippen molar-refractivity contribution in [1.82, 2.24) is 19.6 Å². The standard InChI is InChI=1S/C17H30N4/c1-14-15(12-21(18-14)16-7-4-5-8-16)11-19(2)13-17-9-6-10-20(17)3/h12,16-17H,4-11,13H2,1-3H3/t17-/m0/s1. The molecule has 0 amide bonds. The average molecular weight is 290 g/mol. The molecule has 4 heteroatoms. The van der Waals surface area contributed by atoms with Crippen LogP contribution in [-0.4, -0.2) is 52.8 Å². The van der Waals surface area contributed by atoms with E-state index in [9.17, 15) is 0 Å². The lowest BCUT2D eigenvalue weighted by atomic mass is 10.2. The van der Waals surface area contributed by atoms with Crippen molar-refractivity contribution in [3.05, 3.63) is 17.5 Å². The van der Waals surface area contributed by atoms with E-state index in [0.29, 0.717) is 6.04 Å². The number of likely N-dealkylation sites (tertiary alicyclic amines) is 1. The van der Waals surface area contributed by atoms with Crippen molar-refractivity contribution in [2.45, 2.75) is 64.1 Å². The number of aromatic nitrogens is 2. The van der Waals surface area contributed by atoms with Crippen molar-refractivity contribution in [2.24, 2.45) is 0 Å². The summed E-state index contributed by atoms with van der Waals surface area (Å²) in [6, 6.07) is 1.39. The van der Waals surface area contributed by atoms with Crippen molar-refractivity contribution in [3.63, 3.8) is 0 Å².